The fourth-order valence-corrected chi connectivity index (χ4v) is 5.04. The monoisotopic (exact) mass is 523 g/mol. The van der Waals surface area contributed by atoms with Crippen LogP contribution in [-0.4, -0.2) is 72.4 Å². The van der Waals surface area contributed by atoms with Crippen molar-refractivity contribution >= 4 is 17.5 Å². The Labute approximate surface area is 223 Å². The van der Waals surface area contributed by atoms with Crippen LogP contribution in [0.25, 0.3) is 0 Å². The smallest absolute Gasteiger partial charge is 0.231 e. The van der Waals surface area contributed by atoms with E-state index in [0.717, 1.165) is 35.5 Å². The molecule has 2 N–H and O–H groups in total. The van der Waals surface area contributed by atoms with E-state index in [1.165, 1.54) is 0 Å². The molecule has 2 amide bonds. The molecular weight excluding hydrogens is 486 g/mol. The van der Waals surface area contributed by atoms with Gasteiger partial charge in [0.15, 0.2) is 11.5 Å². The number of rotatable bonds is 8. The van der Waals surface area contributed by atoms with Gasteiger partial charge in [-0.05, 0) is 62.7 Å². The van der Waals surface area contributed by atoms with E-state index in [1.807, 2.05) is 50.4 Å². The van der Waals surface area contributed by atoms with Gasteiger partial charge in [0.2, 0.25) is 18.6 Å². The predicted molar refractivity (Wildman–Crippen MR) is 142 cm³/mol. The highest BCUT2D eigenvalue weighted by molar-refractivity contribution is 5.94. The normalized spacial score (nSPS) is 21.7. The number of hydrogen-bond donors (Lipinski definition) is 2. The van der Waals surface area contributed by atoms with Gasteiger partial charge < -0.3 is 29.5 Å². The van der Waals surface area contributed by atoms with Gasteiger partial charge in [0, 0.05) is 42.7 Å². The minimum Gasteiger partial charge on any atom is -0.488 e. The van der Waals surface area contributed by atoms with Crippen LogP contribution in [0.1, 0.15) is 37.8 Å². The van der Waals surface area contributed by atoms with Gasteiger partial charge in [0.25, 0.3) is 0 Å². The zero-order valence-electron chi connectivity index (χ0n) is 22.3. The molecule has 0 saturated heterocycles. The van der Waals surface area contributed by atoms with Gasteiger partial charge >= 0.3 is 0 Å². The second kappa shape index (κ2) is 11.2. The summed E-state index contributed by atoms with van der Waals surface area (Å²) in [5.74, 6) is 2.22. The molecule has 2 aromatic rings. The maximum Gasteiger partial charge on any atom is 0.231 e. The van der Waals surface area contributed by atoms with Crippen LogP contribution in [-0.2, 0) is 22.6 Å². The van der Waals surface area contributed by atoms with Gasteiger partial charge in [0.1, 0.15) is 11.9 Å². The predicted octanol–water partition coefficient (Wildman–Crippen LogP) is 3.04. The molecule has 2 aliphatic heterocycles. The Hall–Kier alpha value is -3.30. The standard InChI is InChI=1S/C29H37N3O6/c1-18-13-32(19(2)16-33)28(34)12-22-11-23(30-29(35)21-5-6-21)7-9-24(22)38-27(18)15-31(3)14-20-4-8-25-26(10-20)37-17-36-25/h4,7-11,18-19,21,27,33H,5-6,12-17H2,1-3H3,(H,30,35)/t18-,19-,27-/m1/s1. The first-order valence-electron chi connectivity index (χ1n) is 13.4. The summed E-state index contributed by atoms with van der Waals surface area (Å²) in [7, 11) is 2.05. The van der Waals surface area contributed by atoms with E-state index in [4.69, 9.17) is 14.2 Å². The molecule has 1 saturated carbocycles. The summed E-state index contributed by atoms with van der Waals surface area (Å²) < 4.78 is 17.6. The average molecular weight is 524 g/mol. The van der Waals surface area contributed by atoms with E-state index < -0.39 is 0 Å². The fraction of sp³-hybridized carbons (Fsp3) is 0.517. The van der Waals surface area contributed by atoms with Crippen LogP contribution in [0, 0.1) is 11.8 Å². The first-order chi connectivity index (χ1) is 18.3. The number of benzene rings is 2. The Morgan fingerprint density at radius 1 is 1.16 bits per heavy atom. The molecular formula is C29H37N3O6. The largest absolute Gasteiger partial charge is 0.488 e. The number of hydrogen-bond acceptors (Lipinski definition) is 7. The lowest BCUT2D eigenvalue weighted by Crippen LogP contribution is -2.47. The number of amides is 2. The molecule has 3 aliphatic rings. The maximum absolute atomic E-state index is 13.4. The van der Waals surface area contributed by atoms with Gasteiger partial charge in [-0.3, -0.25) is 14.5 Å². The Bertz CT molecular complexity index is 1180. The summed E-state index contributed by atoms with van der Waals surface area (Å²) >= 11 is 0. The fourth-order valence-electron chi connectivity index (χ4n) is 5.04. The number of anilines is 1. The van der Waals surface area contributed by atoms with Gasteiger partial charge in [-0.2, -0.15) is 0 Å². The van der Waals surface area contributed by atoms with Crippen LogP contribution < -0.4 is 19.5 Å². The van der Waals surface area contributed by atoms with Crippen molar-refractivity contribution in [1.82, 2.24) is 9.80 Å². The molecule has 3 atom stereocenters. The SMILES string of the molecule is C[C@@H]1CN([C@H](C)CO)C(=O)Cc2cc(NC(=O)C3CC3)ccc2O[C@@H]1CN(C)Cc1ccc2c(c1)OCO2. The van der Waals surface area contributed by atoms with Crippen molar-refractivity contribution in [3.8, 4) is 17.2 Å². The van der Waals surface area contributed by atoms with E-state index in [1.54, 1.807) is 4.90 Å². The number of aliphatic hydroxyl groups is 1. The van der Waals surface area contributed by atoms with E-state index in [0.29, 0.717) is 31.1 Å². The molecule has 0 bridgehead atoms. The van der Waals surface area contributed by atoms with E-state index in [-0.39, 0.29) is 55.6 Å². The topological polar surface area (TPSA) is 101 Å². The number of nitrogens with zero attached hydrogens (tertiary/aromatic N) is 2. The molecule has 0 aromatic heterocycles. The summed E-state index contributed by atoms with van der Waals surface area (Å²) in [4.78, 5) is 29.7. The van der Waals surface area contributed by atoms with Crippen molar-refractivity contribution in [3.05, 3.63) is 47.5 Å². The number of likely N-dealkylation sites (N-methyl/N-ethyl adjacent to an activating group) is 1. The highest BCUT2D eigenvalue weighted by Gasteiger charge is 2.32. The van der Waals surface area contributed by atoms with Crippen molar-refractivity contribution in [3.63, 3.8) is 0 Å². The molecule has 9 heteroatoms. The average Bonchev–Trinajstić information content (AvgIpc) is 3.64. The summed E-state index contributed by atoms with van der Waals surface area (Å²) in [6.07, 6.45) is 1.77. The minimum absolute atomic E-state index is 0.00681. The van der Waals surface area contributed by atoms with E-state index in [2.05, 4.69) is 17.1 Å². The van der Waals surface area contributed by atoms with Crippen molar-refractivity contribution < 1.29 is 28.9 Å². The zero-order chi connectivity index (χ0) is 26.8. The first-order valence-corrected chi connectivity index (χ1v) is 13.4. The molecule has 9 nitrogen and oxygen atoms in total. The van der Waals surface area contributed by atoms with Crippen molar-refractivity contribution in [1.29, 1.82) is 0 Å². The summed E-state index contributed by atoms with van der Waals surface area (Å²) in [5.41, 5.74) is 2.51. The van der Waals surface area contributed by atoms with Crippen molar-refractivity contribution in [2.24, 2.45) is 11.8 Å². The van der Waals surface area contributed by atoms with Crippen LogP contribution in [0.15, 0.2) is 36.4 Å². The van der Waals surface area contributed by atoms with E-state index in [9.17, 15) is 14.7 Å². The van der Waals surface area contributed by atoms with Crippen LogP contribution in [0.5, 0.6) is 17.2 Å². The van der Waals surface area contributed by atoms with Crippen LogP contribution >= 0.6 is 0 Å². The highest BCUT2D eigenvalue weighted by atomic mass is 16.7. The summed E-state index contributed by atoms with van der Waals surface area (Å²) in [6.45, 7) is 5.87. The molecule has 0 spiro atoms. The van der Waals surface area contributed by atoms with Crippen molar-refractivity contribution in [2.75, 3.05) is 38.9 Å². The Balaban J connectivity index is 1.37. The molecule has 0 unspecified atom stereocenters. The lowest BCUT2D eigenvalue weighted by molar-refractivity contribution is -0.134. The lowest BCUT2D eigenvalue weighted by Gasteiger charge is -2.34. The van der Waals surface area contributed by atoms with Crippen molar-refractivity contribution in [2.45, 2.75) is 51.8 Å². The lowest BCUT2D eigenvalue weighted by atomic mass is 10.0. The second-order valence-electron chi connectivity index (χ2n) is 10.9. The van der Waals surface area contributed by atoms with Crippen LogP contribution in [0.2, 0.25) is 0 Å². The molecule has 0 radical (unpaired) electrons. The van der Waals surface area contributed by atoms with E-state index >= 15 is 0 Å². The summed E-state index contributed by atoms with van der Waals surface area (Å²) in [5, 5.41) is 12.8. The number of carbonyl (C=O) groups excluding carboxylic acids is 2. The number of aliphatic hydroxyl groups excluding tert-OH is 1. The highest BCUT2D eigenvalue weighted by Crippen LogP contribution is 2.34. The zero-order valence-corrected chi connectivity index (χ0v) is 22.3. The number of nitrogens with one attached hydrogen (secondary N) is 1. The molecule has 1 aliphatic carbocycles. The number of fused-ring (bicyclic) bond motifs is 2. The van der Waals surface area contributed by atoms with Crippen LogP contribution in [0.4, 0.5) is 5.69 Å². The summed E-state index contributed by atoms with van der Waals surface area (Å²) in [6, 6.07) is 11.2. The molecule has 1 fully saturated rings. The van der Waals surface area contributed by atoms with Gasteiger partial charge in [0.05, 0.1) is 19.1 Å². The van der Waals surface area contributed by atoms with Gasteiger partial charge in [-0.15, -0.1) is 0 Å². The molecule has 5 rings (SSSR count). The minimum atomic E-state index is -0.309. The Morgan fingerprint density at radius 3 is 2.68 bits per heavy atom. The van der Waals surface area contributed by atoms with Gasteiger partial charge in [-0.1, -0.05) is 13.0 Å². The third-order valence-electron chi connectivity index (χ3n) is 7.51. The molecule has 2 heterocycles. The maximum atomic E-state index is 13.4. The third kappa shape index (κ3) is 6.05. The number of carbonyl (C=O) groups is 2. The molecule has 38 heavy (non-hydrogen) atoms. The molecule has 204 valence electrons. The number of ether oxygens (including phenoxy) is 3. The third-order valence-corrected chi connectivity index (χ3v) is 7.51. The second-order valence-corrected chi connectivity index (χ2v) is 10.9. The Kier molecular flexibility index (Phi) is 7.76. The Morgan fingerprint density at radius 2 is 1.92 bits per heavy atom. The van der Waals surface area contributed by atoms with Crippen LogP contribution in [0.3, 0.4) is 0 Å². The molecule has 2 aromatic carbocycles. The first kappa shape index (κ1) is 26.3. The van der Waals surface area contributed by atoms with Gasteiger partial charge in [-0.25, -0.2) is 0 Å². The quantitative estimate of drug-likeness (QED) is 0.549.